The standard InChI is InChI=1S/C19H20F3N3O2/c1-12(26)23-10-13-9-17-16(7-8-18(27)24(17)2)25(11-13)15-5-3-14(4-6-15)19(20,21)22/h3-8,13H,9-11H2,1-2H3,(H,23,26). The molecule has 0 saturated heterocycles. The van der Waals surface area contributed by atoms with E-state index in [0.29, 0.717) is 25.2 Å². The van der Waals surface area contributed by atoms with Gasteiger partial charge in [-0.2, -0.15) is 13.2 Å². The lowest BCUT2D eigenvalue weighted by Crippen LogP contribution is -2.41. The molecular formula is C19H20F3N3O2. The number of anilines is 2. The quantitative estimate of drug-likeness (QED) is 0.892. The summed E-state index contributed by atoms with van der Waals surface area (Å²) in [6.07, 6.45) is -3.80. The summed E-state index contributed by atoms with van der Waals surface area (Å²) in [4.78, 5) is 25.2. The number of pyridine rings is 1. The molecule has 1 amide bonds. The molecule has 1 aliphatic rings. The summed E-state index contributed by atoms with van der Waals surface area (Å²) in [6.45, 7) is 2.38. The highest BCUT2D eigenvalue weighted by molar-refractivity contribution is 5.73. The van der Waals surface area contributed by atoms with Gasteiger partial charge >= 0.3 is 6.18 Å². The number of nitrogens with zero attached hydrogens (tertiary/aromatic N) is 2. The molecule has 3 rings (SSSR count). The van der Waals surface area contributed by atoms with E-state index in [9.17, 15) is 22.8 Å². The number of benzene rings is 1. The average molecular weight is 379 g/mol. The van der Waals surface area contributed by atoms with Gasteiger partial charge in [0.2, 0.25) is 5.91 Å². The molecule has 0 aliphatic carbocycles. The van der Waals surface area contributed by atoms with Crippen LogP contribution < -0.4 is 15.8 Å². The predicted molar refractivity (Wildman–Crippen MR) is 96.0 cm³/mol. The Balaban J connectivity index is 1.99. The van der Waals surface area contributed by atoms with E-state index in [4.69, 9.17) is 0 Å². The maximum Gasteiger partial charge on any atom is 0.416 e. The third kappa shape index (κ3) is 3.99. The van der Waals surface area contributed by atoms with Crippen LogP contribution in [0.1, 0.15) is 18.2 Å². The normalized spacial score (nSPS) is 16.8. The number of fused-ring (bicyclic) bond motifs is 1. The van der Waals surface area contributed by atoms with Gasteiger partial charge in [0, 0.05) is 44.5 Å². The van der Waals surface area contributed by atoms with Crippen molar-refractivity contribution in [2.24, 2.45) is 13.0 Å². The number of nitrogens with one attached hydrogen (secondary N) is 1. The van der Waals surface area contributed by atoms with E-state index in [1.807, 2.05) is 4.90 Å². The monoisotopic (exact) mass is 379 g/mol. The predicted octanol–water partition coefficient (Wildman–Crippen LogP) is 2.85. The van der Waals surface area contributed by atoms with Crippen LogP contribution in [0.4, 0.5) is 24.5 Å². The second-order valence-electron chi connectivity index (χ2n) is 6.72. The highest BCUT2D eigenvalue weighted by Crippen LogP contribution is 2.36. The molecule has 1 aromatic carbocycles. The Morgan fingerprint density at radius 2 is 1.85 bits per heavy atom. The molecule has 0 fully saturated rings. The number of halogens is 3. The van der Waals surface area contributed by atoms with Gasteiger partial charge in [0.05, 0.1) is 11.3 Å². The molecule has 1 atom stereocenters. The van der Waals surface area contributed by atoms with Crippen LogP contribution >= 0.6 is 0 Å². The topological polar surface area (TPSA) is 54.3 Å². The maximum atomic E-state index is 12.8. The fourth-order valence-corrected chi connectivity index (χ4v) is 3.34. The summed E-state index contributed by atoms with van der Waals surface area (Å²) in [6, 6.07) is 8.10. The van der Waals surface area contributed by atoms with E-state index in [1.54, 1.807) is 17.7 Å². The SMILES string of the molecule is CC(=O)NCC1Cc2c(ccc(=O)n2C)N(c2ccc(C(F)(F)F)cc2)C1. The first-order valence-electron chi connectivity index (χ1n) is 8.55. The molecule has 0 spiro atoms. The van der Waals surface area contributed by atoms with E-state index in [1.165, 1.54) is 25.1 Å². The van der Waals surface area contributed by atoms with E-state index >= 15 is 0 Å². The van der Waals surface area contributed by atoms with Crippen LogP contribution in [-0.4, -0.2) is 23.6 Å². The molecule has 1 N–H and O–H groups in total. The minimum atomic E-state index is -4.39. The lowest BCUT2D eigenvalue weighted by Gasteiger charge is -2.37. The highest BCUT2D eigenvalue weighted by atomic mass is 19.4. The van der Waals surface area contributed by atoms with E-state index < -0.39 is 11.7 Å². The van der Waals surface area contributed by atoms with Crippen molar-refractivity contribution in [3.8, 4) is 0 Å². The third-order valence-corrected chi connectivity index (χ3v) is 4.77. The number of carbonyl (C=O) groups is 1. The first-order chi connectivity index (χ1) is 12.7. The number of aromatic nitrogens is 1. The van der Waals surface area contributed by atoms with Crippen molar-refractivity contribution in [1.82, 2.24) is 9.88 Å². The summed E-state index contributed by atoms with van der Waals surface area (Å²) < 4.78 is 40.1. The number of rotatable bonds is 3. The molecule has 1 aliphatic heterocycles. The molecule has 0 bridgehead atoms. The van der Waals surface area contributed by atoms with Crippen molar-refractivity contribution in [2.75, 3.05) is 18.0 Å². The molecule has 5 nitrogen and oxygen atoms in total. The van der Waals surface area contributed by atoms with Gasteiger partial charge in [-0.1, -0.05) is 0 Å². The minimum Gasteiger partial charge on any atom is -0.356 e. The number of hydrogen-bond donors (Lipinski definition) is 1. The summed E-state index contributed by atoms with van der Waals surface area (Å²) in [5.74, 6) is -0.125. The third-order valence-electron chi connectivity index (χ3n) is 4.77. The summed E-state index contributed by atoms with van der Waals surface area (Å²) in [7, 11) is 1.67. The largest absolute Gasteiger partial charge is 0.416 e. The van der Waals surface area contributed by atoms with Gasteiger partial charge in [0.1, 0.15) is 0 Å². The molecular weight excluding hydrogens is 359 g/mol. The second-order valence-corrected chi connectivity index (χ2v) is 6.72. The number of alkyl halides is 3. The molecule has 2 heterocycles. The van der Waals surface area contributed by atoms with Gasteiger partial charge in [-0.15, -0.1) is 0 Å². The zero-order chi connectivity index (χ0) is 19.8. The average Bonchev–Trinajstić information content (AvgIpc) is 2.62. The zero-order valence-corrected chi connectivity index (χ0v) is 15.0. The van der Waals surface area contributed by atoms with Gasteiger partial charge < -0.3 is 14.8 Å². The van der Waals surface area contributed by atoms with Crippen molar-refractivity contribution >= 4 is 17.3 Å². The Morgan fingerprint density at radius 1 is 1.19 bits per heavy atom. The lowest BCUT2D eigenvalue weighted by atomic mass is 9.94. The highest BCUT2D eigenvalue weighted by Gasteiger charge is 2.31. The first-order valence-corrected chi connectivity index (χ1v) is 8.55. The van der Waals surface area contributed by atoms with E-state index in [-0.39, 0.29) is 17.4 Å². The van der Waals surface area contributed by atoms with Gasteiger partial charge in [0.25, 0.3) is 5.56 Å². The Kier molecular flexibility index (Phi) is 4.99. The molecule has 27 heavy (non-hydrogen) atoms. The van der Waals surface area contributed by atoms with Gasteiger partial charge in [-0.3, -0.25) is 9.59 Å². The van der Waals surface area contributed by atoms with Gasteiger partial charge in [-0.25, -0.2) is 0 Å². The molecule has 1 aromatic heterocycles. The van der Waals surface area contributed by atoms with E-state index in [0.717, 1.165) is 23.5 Å². The van der Waals surface area contributed by atoms with Crippen LogP contribution in [0.2, 0.25) is 0 Å². The molecule has 0 radical (unpaired) electrons. The molecule has 144 valence electrons. The number of hydrogen-bond acceptors (Lipinski definition) is 3. The molecule has 2 aromatic rings. The van der Waals surface area contributed by atoms with Crippen LogP contribution in [-0.2, 0) is 24.4 Å². The van der Waals surface area contributed by atoms with Crippen molar-refractivity contribution < 1.29 is 18.0 Å². The van der Waals surface area contributed by atoms with Crippen LogP contribution in [0.3, 0.4) is 0 Å². The van der Waals surface area contributed by atoms with Gasteiger partial charge in [0.15, 0.2) is 0 Å². The first kappa shape index (κ1) is 19.0. The van der Waals surface area contributed by atoms with Crippen LogP contribution in [0, 0.1) is 5.92 Å². The second kappa shape index (κ2) is 7.09. The molecule has 0 saturated carbocycles. The van der Waals surface area contributed by atoms with Crippen molar-refractivity contribution in [3.63, 3.8) is 0 Å². The Labute approximate surface area is 154 Å². The van der Waals surface area contributed by atoms with Crippen LogP contribution in [0.25, 0.3) is 0 Å². The Hall–Kier alpha value is -2.77. The smallest absolute Gasteiger partial charge is 0.356 e. The number of amides is 1. The van der Waals surface area contributed by atoms with Gasteiger partial charge in [-0.05, 0) is 42.7 Å². The molecule has 8 heteroatoms. The van der Waals surface area contributed by atoms with Crippen molar-refractivity contribution in [3.05, 3.63) is 58.0 Å². The minimum absolute atomic E-state index is 0.0247. The molecule has 1 unspecified atom stereocenters. The Bertz CT molecular complexity index is 904. The lowest BCUT2D eigenvalue weighted by molar-refractivity contribution is -0.137. The number of carbonyl (C=O) groups excluding carboxylic acids is 1. The van der Waals surface area contributed by atoms with Crippen molar-refractivity contribution in [2.45, 2.75) is 19.5 Å². The van der Waals surface area contributed by atoms with E-state index in [2.05, 4.69) is 5.32 Å². The van der Waals surface area contributed by atoms with Crippen LogP contribution in [0.15, 0.2) is 41.2 Å². The summed E-state index contributed by atoms with van der Waals surface area (Å²) in [5, 5.41) is 2.78. The fraction of sp³-hybridized carbons (Fsp3) is 0.368. The van der Waals surface area contributed by atoms with Crippen molar-refractivity contribution in [1.29, 1.82) is 0 Å². The maximum absolute atomic E-state index is 12.8. The zero-order valence-electron chi connectivity index (χ0n) is 15.0. The van der Waals surface area contributed by atoms with Crippen LogP contribution in [0.5, 0.6) is 0 Å². The fourth-order valence-electron chi connectivity index (χ4n) is 3.34. The summed E-state index contributed by atoms with van der Waals surface area (Å²) >= 11 is 0. The summed E-state index contributed by atoms with van der Waals surface area (Å²) in [5.41, 5.74) is 1.33. The Morgan fingerprint density at radius 3 is 2.44 bits per heavy atom.